The highest BCUT2D eigenvalue weighted by atomic mass is 35.5. The molecule has 7 nitrogen and oxygen atoms in total. The van der Waals surface area contributed by atoms with Crippen LogP contribution >= 0.6 is 11.6 Å². The van der Waals surface area contributed by atoms with Gasteiger partial charge in [0.05, 0.1) is 29.2 Å². The third-order valence-electron chi connectivity index (χ3n) is 6.11. The Bertz CT molecular complexity index is 1250. The number of unbranched alkanes of at least 4 members (excludes halogenated alkanes) is 1. The molecule has 0 saturated carbocycles. The number of amides is 1. The lowest BCUT2D eigenvalue weighted by molar-refractivity contribution is -0.131. The molecule has 0 spiro atoms. The van der Waals surface area contributed by atoms with Gasteiger partial charge < -0.3 is 20.9 Å². The van der Waals surface area contributed by atoms with Gasteiger partial charge >= 0.3 is 0 Å². The Balaban J connectivity index is 1.49. The molecular formula is C24H27ClFN5O2. The number of nitrogens with zero attached hydrogens (tertiary/aromatic N) is 2. The Morgan fingerprint density at radius 3 is 2.94 bits per heavy atom. The van der Waals surface area contributed by atoms with E-state index in [4.69, 9.17) is 17.3 Å². The molecule has 0 radical (unpaired) electrons. The largest absolute Gasteiger partial charge is 0.374 e. The number of aromatic nitrogens is 2. The third kappa shape index (κ3) is 5.02. The van der Waals surface area contributed by atoms with Crippen molar-refractivity contribution in [3.63, 3.8) is 0 Å². The van der Waals surface area contributed by atoms with E-state index in [9.17, 15) is 14.0 Å². The SMILES string of the molecule is C[C@H]1c2ccc(Cl)cc2CCN1C(=O)CNc1cc2nc(CCCCN)[nH]c(=O)c2cc1F. The molecule has 1 aliphatic rings. The van der Waals surface area contributed by atoms with Crippen molar-refractivity contribution in [1.82, 2.24) is 14.9 Å². The highest BCUT2D eigenvalue weighted by Gasteiger charge is 2.27. The summed E-state index contributed by atoms with van der Waals surface area (Å²) in [6.45, 7) is 3.05. The fourth-order valence-corrected chi connectivity index (χ4v) is 4.51. The van der Waals surface area contributed by atoms with E-state index in [0.717, 1.165) is 36.5 Å². The van der Waals surface area contributed by atoms with Crippen LogP contribution in [0.4, 0.5) is 10.1 Å². The molecule has 1 aromatic heterocycles. The number of H-pyrrole nitrogens is 1. The number of aryl methyl sites for hydroxylation is 1. The smallest absolute Gasteiger partial charge is 0.258 e. The lowest BCUT2D eigenvalue weighted by Gasteiger charge is -2.35. The summed E-state index contributed by atoms with van der Waals surface area (Å²) in [5.41, 5.74) is 7.87. The molecule has 9 heteroatoms. The molecule has 3 aromatic rings. The molecule has 33 heavy (non-hydrogen) atoms. The Kier molecular flexibility index (Phi) is 6.95. The zero-order valence-corrected chi connectivity index (χ0v) is 19.2. The van der Waals surface area contributed by atoms with Gasteiger partial charge in [0.2, 0.25) is 5.91 Å². The summed E-state index contributed by atoms with van der Waals surface area (Å²) in [5, 5.41) is 3.75. The third-order valence-corrected chi connectivity index (χ3v) is 6.34. The minimum atomic E-state index is -0.606. The molecule has 1 amide bonds. The fraction of sp³-hybridized carbons (Fsp3) is 0.375. The topological polar surface area (TPSA) is 104 Å². The van der Waals surface area contributed by atoms with Gasteiger partial charge in [-0.15, -0.1) is 0 Å². The number of hydrogen-bond acceptors (Lipinski definition) is 5. The van der Waals surface area contributed by atoms with Gasteiger partial charge in [0.15, 0.2) is 0 Å². The summed E-state index contributed by atoms with van der Waals surface area (Å²) < 4.78 is 14.7. The highest BCUT2D eigenvalue weighted by molar-refractivity contribution is 6.30. The molecule has 0 saturated heterocycles. The van der Waals surface area contributed by atoms with Gasteiger partial charge in [-0.1, -0.05) is 17.7 Å². The van der Waals surface area contributed by atoms with Gasteiger partial charge in [-0.05, 0) is 68.1 Å². The molecule has 4 N–H and O–H groups in total. The predicted molar refractivity (Wildman–Crippen MR) is 128 cm³/mol. The molecule has 0 bridgehead atoms. The Labute approximate surface area is 196 Å². The van der Waals surface area contributed by atoms with Crippen molar-refractivity contribution < 1.29 is 9.18 Å². The van der Waals surface area contributed by atoms with E-state index in [1.165, 1.54) is 6.07 Å². The van der Waals surface area contributed by atoms with Crippen molar-refractivity contribution in [3.05, 3.63) is 68.5 Å². The van der Waals surface area contributed by atoms with Crippen LogP contribution < -0.4 is 16.6 Å². The van der Waals surface area contributed by atoms with Crippen LogP contribution in [0.2, 0.25) is 5.02 Å². The first-order valence-corrected chi connectivity index (χ1v) is 11.5. The van der Waals surface area contributed by atoms with Crippen LogP contribution in [-0.4, -0.2) is 40.4 Å². The number of anilines is 1. The average Bonchev–Trinajstić information content (AvgIpc) is 2.78. The van der Waals surface area contributed by atoms with E-state index in [-0.39, 0.29) is 35.1 Å². The molecular weight excluding hydrogens is 445 g/mol. The second-order valence-electron chi connectivity index (χ2n) is 8.32. The van der Waals surface area contributed by atoms with E-state index >= 15 is 0 Å². The maximum absolute atomic E-state index is 14.7. The van der Waals surface area contributed by atoms with Crippen LogP contribution in [0.15, 0.2) is 35.1 Å². The molecule has 1 aliphatic heterocycles. The first-order valence-electron chi connectivity index (χ1n) is 11.1. The van der Waals surface area contributed by atoms with Crippen LogP contribution in [0.1, 0.15) is 42.8 Å². The summed E-state index contributed by atoms with van der Waals surface area (Å²) in [4.78, 5) is 34.2. The number of halogens is 2. The lowest BCUT2D eigenvalue weighted by Crippen LogP contribution is -2.41. The van der Waals surface area contributed by atoms with Crippen LogP contribution in [-0.2, 0) is 17.6 Å². The van der Waals surface area contributed by atoms with Crippen molar-refractivity contribution in [1.29, 1.82) is 0 Å². The van der Waals surface area contributed by atoms with Gasteiger partial charge in [0, 0.05) is 18.0 Å². The normalized spacial score (nSPS) is 15.5. The number of benzene rings is 2. The average molecular weight is 472 g/mol. The maximum atomic E-state index is 14.7. The zero-order chi connectivity index (χ0) is 23.5. The highest BCUT2D eigenvalue weighted by Crippen LogP contribution is 2.31. The number of nitrogens with one attached hydrogen (secondary N) is 2. The minimum Gasteiger partial charge on any atom is -0.374 e. The van der Waals surface area contributed by atoms with Crippen molar-refractivity contribution in [3.8, 4) is 0 Å². The molecule has 2 heterocycles. The van der Waals surface area contributed by atoms with Crippen molar-refractivity contribution in [2.75, 3.05) is 25.0 Å². The molecule has 0 aliphatic carbocycles. The second-order valence-corrected chi connectivity index (χ2v) is 8.75. The Morgan fingerprint density at radius 1 is 1.33 bits per heavy atom. The summed E-state index contributed by atoms with van der Waals surface area (Å²) in [5.74, 6) is -0.204. The number of carbonyl (C=O) groups is 1. The molecule has 1 atom stereocenters. The van der Waals surface area contributed by atoms with Gasteiger partial charge in [0.25, 0.3) is 5.56 Å². The summed E-state index contributed by atoms with van der Waals surface area (Å²) >= 11 is 6.09. The monoisotopic (exact) mass is 471 g/mol. The number of fused-ring (bicyclic) bond motifs is 2. The maximum Gasteiger partial charge on any atom is 0.258 e. The number of rotatable bonds is 7. The Morgan fingerprint density at radius 2 is 2.15 bits per heavy atom. The van der Waals surface area contributed by atoms with Gasteiger partial charge in [-0.3, -0.25) is 9.59 Å². The van der Waals surface area contributed by atoms with Crippen LogP contribution in [0, 0.1) is 5.82 Å². The minimum absolute atomic E-state index is 0.0672. The number of hydrogen-bond donors (Lipinski definition) is 3. The van der Waals surface area contributed by atoms with E-state index < -0.39 is 5.82 Å². The summed E-state index contributed by atoms with van der Waals surface area (Å²) in [7, 11) is 0. The lowest BCUT2D eigenvalue weighted by atomic mass is 9.93. The predicted octanol–water partition coefficient (Wildman–Crippen LogP) is 3.55. The zero-order valence-electron chi connectivity index (χ0n) is 18.5. The number of carbonyl (C=O) groups excluding carboxylic acids is 1. The summed E-state index contributed by atoms with van der Waals surface area (Å²) in [6, 6.07) is 8.26. The van der Waals surface area contributed by atoms with E-state index in [1.54, 1.807) is 4.90 Å². The van der Waals surface area contributed by atoms with Crippen molar-refractivity contribution in [2.24, 2.45) is 5.73 Å². The molecule has 4 rings (SSSR count). The first-order chi connectivity index (χ1) is 15.9. The van der Waals surface area contributed by atoms with Gasteiger partial charge in [-0.2, -0.15) is 0 Å². The second kappa shape index (κ2) is 9.89. The molecule has 2 aromatic carbocycles. The number of aromatic amines is 1. The molecule has 0 fully saturated rings. The standard InChI is InChI=1S/C24H27ClFN5O2/c1-14-17-6-5-16(25)10-15(17)7-9-31(14)23(32)13-28-21-12-20-18(11-19(21)26)24(33)30-22(29-20)4-2-3-8-27/h5-6,10-12,14,28H,2-4,7-9,13,27H2,1H3,(H,29,30,33)/t14-/m0/s1. The van der Waals surface area contributed by atoms with E-state index in [2.05, 4.69) is 15.3 Å². The van der Waals surface area contributed by atoms with Gasteiger partial charge in [0.1, 0.15) is 11.6 Å². The van der Waals surface area contributed by atoms with Crippen LogP contribution in [0.3, 0.4) is 0 Å². The van der Waals surface area contributed by atoms with E-state index in [0.29, 0.717) is 35.9 Å². The van der Waals surface area contributed by atoms with Gasteiger partial charge in [-0.25, -0.2) is 9.37 Å². The van der Waals surface area contributed by atoms with Crippen LogP contribution in [0.25, 0.3) is 10.9 Å². The molecule has 0 unspecified atom stereocenters. The quantitative estimate of drug-likeness (QED) is 0.457. The Hall–Kier alpha value is -2.97. The van der Waals surface area contributed by atoms with Crippen molar-refractivity contribution >= 4 is 34.1 Å². The fourth-order valence-electron chi connectivity index (χ4n) is 4.31. The number of nitrogens with two attached hydrogens (primary N) is 1. The summed E-state index contributed by atoms with van der Waals surface area (Å²) in [6.07, 6.45) is 2.93. The first kappa shape index (κ1) is 23.2. The van der Waals surface area contributed by atoms with E-state index in [1.807, 2.05) is 25.1 Å². The van der Waals surface area contributed by atoms with Crippen LogP contribution in [0.5, 0.6) is 0 Å². The molecule has 174 valence electrons. The van der Waals surface area contributed by atoms with Crippen molar-refractivity contribution in [2.45, 2.75) is 38.6 Å².